The van der Waals surface area contributed by atoms with Crippen LogP contribution < -0.4 is 16.4 Å². The van der Waals surface area contributed by atoms with E-state index >= 15 is 0 Å². The highest BCUT2D eigenvalue weighted by Gasteiger charge is 2.13. The lowest BCUT2D eigenvalue weighted by atomic mass is 10.2. The molecule has 0 fully saturated rings. The molecule has 0 unspecified atom stereocenters. The van der Waals surface area contributed by atoms with Crippen molar-refractivity contribution >= 4 is 23.0 Å². The summed E-state index contributed by atoms with van der Waals surface area (Å²) in [5.41, 5.74) is 5.62. The van der Waals surface area contributed by atoms with Gasteiger partial charge in [0, 0.05) is 50.9 Å². The topological polar surface area (TPSA) is 154 Å². The number of nitrogen functional groups attached to an aromatic ring is 1. The molecule has 0 aromatic heterocycles. The molecule has 10 nitrogen and oxygen atoms in total. The Labute approximate surface area is 145 Å². The predicted molar refractivity (Wildman–Crippen MR) is 94.2 cm³/mol. The molecule has 140 valence electrons. The van der Waals surface area contributed by atoms with Gasteiger partial charge < -0.3 is 26.6 Å². The number of nitrogens with one attached hydrogen (secondary N) is 2. The Balaban J connectivity index is 2.31. The molecule has 1 aromatic rings. The molecule has 0 saturated heterocycles. The molecule has 0 aliphatic rings. The van der Waals surface area contributed by atoms with E-state index in [1.807, 2.05) is 4.90 Å². The lowest BCUT2D eigenvalue weighted by Gasteiger charge is -2.20. The smallest absolute Gasteiger partial charge is 0.294 e. The second-order valence-corrected chi connectivity index (χ2v) is 5.37. The van der Waals surface area contributed by atoms with Crippen molar-refractivity contribution in [1.29, 1.82) is 0 Å². The Morgan fingerprint density at radius 3 is 2.48 bits per heavy atom. The maximum absolute atomic E-state index is 11.9. The fourth-order valence-electron chi connectivity index (χ4n) is 2.19. The summed E-state index contributed by atoms with van der Waals surface area (Å²) in [6.07, 6.45) is 0.207. The standard InChI is InChI=1S/C15H25N5O5/c16-13-2-1-12(11-14(13)20(24)25)18-15(23)3-4-17-5-6-19(7-9-21)8-10-22/h1-2,11,17,21-22H,3-10,16H2,(H,18,23). The number of nitrogens with zero attached hydrogens (tertiary/aromatic N) is 2. The number of nitro benzene ring substituents is 1. The second-order valence-electron chi connectivity index (χ2n) is 5.37. The third kappa shape index (κ3) is 7.90. The lowest BCUT2D eigenvalue weighted by Crippen LogP contribution is -2.36. The number of carbonyl (C=O) groups excluding carboxylic acids is 1. The third-order valence-corrected chi connectivity index (χ3v) is 3.48. The van der Waals surface area contributed by atoms with Crippen molar-refractivity contribution in [2.45, 2.75) is 6.42 Å². The van der Waals surface area contributed by atoms with E-state index in [-0.39, 0.29) is 36.9 Å². The summed E-state index contributed by atoms with van der Waals surface area (Å²) in [5, 5.41) is 34.3. The minimum Gasteiger partial charge on any atom is -0.395 e. The number of anilines is 2. The number of hydrogen-bond acceptors (Lipinski definition) is 8. The molecule has 1 amide bonds. The van der Waals surface area contributed by atoms with Crippen molar-refractivity contribution in [3.05, 3.63) is 28.3 Å². The minimum atomic E-state index is -0.600. The SMILES string of the molecule is Nc1ccc(NC(=O)CCNCCN(CCO)CCO)cc1[N+](=O)[O-]. The molecular weight excluding hydrogens is 330 g/mol. The van der Waals surface area contributed by atoms with Crippen LogP contribution in [0.25, 0.3) is 0 Å². The molecule has 0 atom stereocenters. The molecule has 0 aliphatic carbocycles. The van der Waals surface area contributed by atoms with Crippen LogP contribution in [-0.2, 0) is 4.79 Å². The number of nitrogens with two attached hydrogens (primary N) is 1. The van der Waals surface area contributed by atoms with Gasteiger partial charge >= 0.3 is 0 Å². The van der Waals surface area contributed by atoms with Crippen LogP contribution in [0.5, 0.6) is 0 Å². The van der Waals surface area contributed by atoms with Crippen molar-refractivity contribution < 1.29 is 19.9 Å². The molecule has 0 aliphatic heterocycles. The molecule has 0 spiro atoms. The monoisotopic (exact) mass is 355 g/mol. The summed E-state index contributed by atoms with van der Waals surface area (Å²) in [5.74, 6) is -0.269. The Bertz CT molecular complexity index is 563. The van der Waals surface area contributed by atoms with Gasteiger partial charge in [-0.15, -0.1) is 0 Å². The maximum Gasteiger partial charge on any atom is 0.294 e. The first-order chi connectivity index (χ1) is 12.0. The molecule has 6 N–H and O–H groups in total. The van der Waals surface area contributed by atoms with Crippen LogP contribution in [0.2, 0.25) is 0 Å². The van der Waals surface area contributed by atoms with Crippen LogP contribution in [0, 0.1) is 10.1 Å². The molecule has 0 saturated carbocycles. The van der Waals surface area contributed by atoms with Crippen LogP contribution in [0.1, 0.15) is 6.42 Å². The second kappa shape index (κ2) is 11.3. The number of rotatable bonds is 12. The van der Waals surface area contributed by atoms with Gasteiger partial charge in [-0.2, -0.15) is 0 Å². The van der Waals surface area contributed by atoms with Gasteiger partial charge in [0.15, 0.2) is 0 Å². The summed E-state index contributed by atoms with van der Waals surface area (Å²) in [6, 6.07) is 4.11. The Morgan fingerprint density at radius 2 is 1.88 bits per heavy atom. The van der Waals surface area contributed by atoms with Gasteiger partial charge in [-0.3, -0.25) is 19.8 Å². The summed E-state index contributed by atoms with van der Waals surface area (Å²) in [6.45, 7) is 2.71. The Hall–Kier alpha value is -2.27. The van der Waals surface area contributed by atoms with E-state index in [1.54, 1.807) is 0 Å². The van der Waals surface area contributed by atoms with Crippen molar-refractivity contribution in [2.24, 2.45) is 0 Å². The average molecular weight is 355 g/mol. The van der Waals surface area contributed by atoms with Gasteiger partial charge in [0.05, 0.1) is 18.1 Å². The van der Waals surface area contributed by atoms with Gasteiger partial charge in [-0.25, -0.2) is 0 Å². The van der Waals surface area contributed by atoms with E-state index in [0.29, 0.717) is 38.4 Å². The van der Waals surface area contributed by atoms with Crippen molar-refractivity contribution in [2.75, 3.05) is 57.0 Å². The third-order valence-electron chi connectivity index (χ3n) is 3.48. The van der Waals surface area contributed by atoms with Crippen LogP contribution in [0.4, 0.5) is 17.1 Å². The zero-order valence-corrected chi connectivity index (χ0v) is 14.0. The van der Waals surface area contributed by atoms with Crippen molar-refractivity contribution in [1.82, 2.24) is 10.2 Å². The van der Waals surface area contributed by atoms with E-state index in [4.69, 9.17) is 15.9 Å². The minimum absolute atomic E-state index is 0.0239. The summed E-state index contributed by atoms with van der Waals surface area (Å²) >= 11 is 0. The predicted octanol–water partition coefficient (Wildman–Crippen LogP) is -0.618. The van der Waals surface area contributed by atoms with Crippen LogP contribution >= 0.6 is 0 Å². The average Bonchev–Trinajstić information content (AvgIpc) is 2.56. The lowest BCUT2D eigenvalue weighted by molar-refractivity contribution is -0.383. The van der Waals surface area contributed by atoms with Crippen LogP contribution in [0.3, 0.4) is 0 Å². The fraction of sp³-hybridized carbons (Fsp3) is 0.533. The molecule has 0 radical (unpaired) electrons. The Morgan fingerprint density at radius 1 is 1.20 bits per heavy atom. The molecule has 1 aromatic carbocycles. The van der Waals surface area contributed by atoms with Gasteiger partial charge in [0.1, 0.15) is 5.69 Å². The quantitative estimate of drug-likeness (QED) is 0.144. The zero-order chi connectivity index (χ0) is 18.7. The largest absolute Gasteiger partial charge is 0.395 e. The number of nitro groups is 1. The number of benzene rings is 1. The van der Waals surface area contributed by atoms with E-state index in [9.17, 15) is 14.9 Å². The van der Waals surface area contributed by atoms with Crippen LogP contribution in [-0.4, -0.2) is 71.9 Å². The molecule has 10 heteroatoms. The molecule has 0 bridgehead atoms. The first-order valence-electron chi connectivity index (χ1n) is 7.96. The van der Waals surface area contributed by atoms with Gasteiger partial charge in [-0.05, 0) is 12.1 Å². The number of hydrogen-bond donors (Lipinski definition) is 5. The maximum atomic E-state index is 11.9. The van der Waals surface area contributed by atoms with Crippen molar-refractivity contribution in [3.63, 3.8) is 0 Å². The summed E-state index contributed by atoms with van der Waals surface area (Å²) in [7, 11) is 0. The van der Waals surface area contributed by atoms with E-state index in [2.05, 4.69) is 10.6 Å². The highest BCUT2D eigenvalue weighted by atomic mass is 16.6. The summed E-state index contributed by atoms with van der Waals surface area (Å²) in [4.78, 5) is 24.0. The zero-order valence-electron chi connectivity index (χ0n) is 14.0. The Kier molecular flexibility index (Phi) is 9.40. The first-order valence-corrected chi connectivity index (χ1v) is 7.96. The van der Waals surface area contributed by atoms with Crippen LogP contribution in [0.15, 0.2) is 18.2 Å². The van der Waals surface area contributed by atoms with E-state index in [0.717, 1.165) is 0 Å². The molecule has 25 heavy (non-hydrogen) atoms. The number of amides is 1. The molecule has 1 rings (SSSR count). The fourth-order valence-corrected chi connectivity index (χ4v) is 2.19. The first kappa shape index (κ1) is 20.8. The molecular formula is C15H25N5O5. The highest BCUT2D eigenvalue weighted by molar-refractivity contribution is 5.91. The normalized spacial score (nSPS) is 10.8. The van der Waals surface area contributed by atoms with Gasteiger partial charge in [0.2, 0.25) is 5.91 Å². The van der Waals surface area contributed by atoms with Gasteiger partial charge in [-0.1, -0.05) is 0 Å². The number of carbonyl (C=O) groups is 1. The van der Waals surface area contributed by atoms with E-state index < -0.39 is 4.92 Å². The van der Waals surface area contributed by atoms with Crippen molar-refractivity contribution in [3.8, 4) is 0 Å². The molecule has 0 heterocycles. The highest BCUT2D eigenvalue weighted by Crippen LogP contribution is 2.24. The van der Waals surface area contributed by atoms with E-state index in [1.165, 1.54) is 18.2 Å². The number of aliphatic hydroxyl groups excluding tert-OH is 2. The number of aliphatic hydroxyl groups is 2. The summed E-state index contributed by atoms with van der Waals surface area (Å²) < 4.78 is 0. The van der Waals surface area contributed by atoms with Gasteiger partial charge in [0.25, 0.3) is 5.69 Å².